The van der Waals surface area contributed by atoms with Crippen molar-refractivity contribution >= 4 is 15.9 Å². The van der Waals surface area contributed by atoms with Gasteiger partial charge in [-0.25, -0.2) is 0 Å². The summed E-state index contributed by atoms with van der Waals surface area (Å²) in [6, 6.07) is 0. The highest BCUT2D eigenvalue weighted by atomic mass is 31.2. The molecule has 16 heavy (non-hydrogen) atoms. The largest absolute Gasteiger partial charge is 0.694 e. The molecule has 0 aromatic carbocycles. The number of hydrogen-bond acceptors (Lipinski definition) is 5. The van der Waals surface area contributed by atoms with Crippen LogP contribution in [0.2, 0.25) is 0 Å². The SMILES string of the molecule is CCOP(=O)(CC(CC)CO[P+](=O)O)OC. The Labute approximate surface area is 96.8 Å². The van der Waals surface area contributed by atoms with Crippen LogP contribution in [0.25, 0.3) is 0 Å². The predicted molar refractivity (Wildman–Crippen MR) is 60.7 cm³/mol. The molecule has 0 aromatic heterocycles. The maximum Gasteiger partial charge on any atom is 0.694 e. The van der Waals surface area contributed by atoms with Gasteiger partial charge in [-0.3, -0.25) is 4.57 Å². The first-order valence-corrected chi connectivity index (χ1v) is 7.91. The Bertz CT molecular complexity index is 257. The molecule has 96 valence electrons. The van der Waals surface area contributed by atoms with Gasteiger partial charge in [0.25, 0.3) is 0 Å². The Kier molecular flexibility index (Phi) is 8.38. The summed E-state index contributed by atoms with van der Waals surface area (Å²) in [5, 5.41) is 0. The molecular formula is C8H19O6P2+. The average molecular weight is 273 g/mol. The van der Waals surface area contributed by atoms with E-state index in [4.69, 9.17) is 13.9 Å². The van der Waals surface area contributed by atoms with Crippen molar-refractivity contribution in [3.05, 3.63) is 0 Å². The summed E-state index contributed by atoms with van der Waals surface area (Å²) in [6.45, 7) is 3.98. The molecule has 6 nitrogen and oxygen atoms in total. The Morgan fingerprint density at radius 1 is 1.44 bits per heavy atom. The quantitative estimate of drug-likeness (QED) is 0.650. The summed E-state index contributed by atoms with van der Waals surface area (Å²) in [5.41, 5.74) is 0. The van der Waals surface area contributed by atoms with Gasteiger partial charge in [0.1, 0.15) is 6.61 Å². The van der Waals surface area contributed by atoms with Crippen LogP contribution < -0.4 is 0 Å². The van der Waals surface area contributed by atoms with Gasteiger partial charge in [0.2, 0.25) is 0 Å². The Morgan fingerprint density at radius 3 is 2.44 bits per heavy atom. The Balaban J connectivity index is 4.27. The van der Waals surface area contributed by atoms with Gasteiger partial charge >= 0.3 is 15.9 Å². The fourth-order valence-electron chi connectivity index (χ4n) is 1.16. The lowest BCUT2D eigenvalue weighted by Gasteiger charge is -2.19. The van der Waals surface area contributed by atoms with Crippen LogP contribution in [0.3, 0.4) is 0 Å². The predicted octanol–water partition coefficient (Wildman–Crippen LogP) is 2.55. The van der Waals surface area contributed by atoms with E-state index < -0.39 is 15.9 Å². The lowest BCUT2D eigenvalue weighted by molar-refractivity contribution is 0.212. The fourth-order valence-corrected chi connectivity index (χ4v) is 3.25. The molecule has 0 aliphatic heterocycles. The van der Waals surface area contributed by atoms with Crippen molar-refractivity contribution in [1.82, 2.24) is 0 Å². The van der Waals surface area contributed by atoms with E-state index in [1.165, 1.54) is 7.11 Å². The molecule has 0 amide bonds. The molecule has 8 heteroatoms. The molecule has 0 radical (unpaired) electrons. The average Bonchev–Trinajstić information content (AvgIpc) is 2.24. The van der Waals surface area contributed by atoms with Crippen molar-refractivity contribution in [2.24, 2.45) is 5.92 Å². The minimum Gasteiger partial charge on any atom is -0.312 e. The molecule has 3 unspecified atom stereocenters. The zero-order valence-corrected chi connectivity index (χ0v) is 11.6. The molecule has 1 N–H and O–H groups in total. The monoisotopic (exact) mass is 273 g/mol. The van der Waals surface area contributed by atoms with Crippen molar-refractivity contribution < 1.29 is 27.6 Å². The first-order chi connectivity index (χ1) is 7.47. The minimum atomic E-state index is -3.09. The fraction of sp³-hybridized carbons (Fsp3) is 1.00. The highest BCUT2D eigenvalue weighted by Crippen LogP contribution is 2.49. The lowest BCUT2D eigenvalue weighted by Crippen LogP contribution is -2.13. The third kappa shape index (κ3) is 6.69. The van der Waals surface area contributed by atoms with E-state index in [1.807, 2.05) is 6.92 Å². The van der Waals surface area contributed by atoms with Gasteiger partial charge in [-0.1, -0.05) is 13.3 Å². The molecule has 0 heterocycles. The van der Waals surface area contributed by atoms with Gasteiger partial charge < -0.3 is 9.05 Å². The van der Waals surface area contributed by atoms with E-state index in [-0.39, 0.29) is 18.7 Å². The van der Waals surface area contributed by atoms with E-state index >= 15 is 0 Å². The second-order valence-electron chi connectivity index (χ2n) is 3.20. The molecule has 0 bridgehead atoms. The first kappa shape index (κ1) is 16.2. The molecule has 0 fully saturated rings. The zero-order valence-electron chi connectivity index (χ0n) is 9.79. The van der Waals surface area contributed by atoms with Gasteiger partial charge in [0.05, 0.1) is 12.8 Å². The highest BCUT2D eigenvalue weighted by Gasteiger charge is 2.29. The molecule has 0 spiro atoms. The second-order valence-corrected chi connectivity index (χ2v) is 6.15. The Morgan fingerprint density at radius 2 is 2.06 bits per heavy atom. The van der Waals surface area contributed by atoms with E-state index in [1.54, 1.807) is 6.92 Å². The van der Waals surface area contributed by atoms with Crippen molar-refractivity contribution in [2.45, 2.75) is 20.3 Å². The van der Waals surface area contributed by atoms with Gasteiger partial charge in [0, 0.05) is 11.7 Å². The molecule has 3 atom stereocenters. The minimum absolute atomic E-state index is 0.0721. The van der Waals surface area contributed by atoms with Crippen LogP contribution in [-0.2, 0) is 22.7 Å². The molecule has 0 rings (SSSR count). The Hall–Kier alpha value is 0.170. The van der Waals surface area contributed by atoms with E-state index in [2.05, 4.69) is 4.52 Å². The third-order valence-corrected chi connectivity index (χ3v) is 4.63. The highest BCUT2D eigenvalue weighted by molar-refractivity contribution is 7.53. The molecule has 0 aliphatic carbocycles. The second kappa shape index (κ2) is 8.29. The van der Waals surface area contributed by atoms with Crippen LogP contribution in [0.4, 0.5) is 0 Å². The standard InChI is InChI=1S/C8H18O6P2/c1-4-8(6-13-15(9)10)7-16(11,12-3)14-5-2/h8H,4-7H2,1-3H3/p+1. The first-order valence-electron chi connectivity index (χ1n) is 5.05. The molecule has 0 saturated carbocycles. The van der Waals surface area contributed by atoms with E-state index in [0.717, 1.165) is 0 Å². The van der Waals surface area contributed by atoms with Crippen LogP contribution in [0.5, 0.6) is 0 Å². The van der Waals surface area contributed by atoms with Gasteiger partial charge in [0.15, 0.2) is 0 Å². The molecule has 0 saturated heterocycles. The summed E-state index contributed by atoms with van der Waals surface area (Å²) in [6.07, 6.45) is 0.862. The lowest BCUT2D eigenvalue weighted by atomic mass is 10.1. The summed E-state index contributed by atoms with van der Waals surface area (Å²) in [4.78, 5) is 8.51. The maximum atomic E-state index is 12.0. The number of hydrogen-bond donors (Lipinski definition) is 1. The number of rotatable bonds is 9. The van der Waals surface area contributed by atoms with E-state index in [9.17, 15) is 9.13 Å². The molecule has 0 aromatic rings. The summed E-state index contributed by atoms with van der Waals surface area (Å²) < 4.78 is 36.9. The summed E-state index contributed by atoms with van der Waals surface area (Å²) in [5.74, 6) is -0.122. The van der Waals surface area contributed by atoms with Gasteiger partial charge in [-0.15, -0.1) is 9.42 Å². The summed E-state index contributed by atoms with van der Waals surface area (Å²) >= 11 is 0. The van der Waals surface area contributed by atoms with E-state index in [0.29, 0.717) is 13.0 Å². The van der Waals surface area contributed by atoms with Gasteiger partial charge in [-0.05, 0) is 12.8 Å². The third-order valence-electron chi connectivity index (χ3n) is 2.08. The normalized spacial score (nSPS) is 17.9. The van der Waals surface area contributed by atoms with Crippen molar-refractivity contribution in [3.8, 4) is 0 Å². The maximum absolute atomic E-state index is 12.0. The topological polar surface area (TPSA) is 82.1 Å². The van der Waals surface area contributed by atoms with Gasteiger partial charge in [-0.2, -0.15) is 0 Å². The smallest absolute Gasteiger partial charge is 0.312 e. The van der Waals surface area contributed by atoms with Crippen LogP contribution in [0, 0.1) is 5.92 Å². The van der Waals surface area contributed by atoms with Crippen LogP contribution >= 0.6 is 15.9 Å². The zero-order chi connectivity index (χ0) is 12.6. The molecular weight excluding hydrogens is 254 g/mol. The van der Waals surface area contributed by atoms with Crippen molar-refractivity contribution in [2.75, 3.05) is 26.5 Å². The van der Waals surface area contributed by atoms with Crippen molar-refractivity contribution in [1.29, 1.82) is 0 Å². The molecule has 0 aliphatic rings. The van der Waals surface area contributed by atoms with Crippen molar-refractivity contribution in [3.63, 3.8) is 0 Å². The van der Waals surface area contributed by atoms with Crippen LogP contribution in [0.15, 0.2) is 0 Å². The summed E-state index contributed by atoms with van der Waals surface area (Å²) in [7, 11) is -4.37. The van der Waals surface area contributed by atoms with Crippen LogP contribution in [0.1, 0.15) is 20.3 Å². The van der Waals surface area contributed by atoms with Crippen LogP contribution in [-0.4, -0.2) is 31.4 Å².